The maximum Gasteiger partial charge on any atom is 0.327 e. The molecule has 8 N–H and O–H groups in total. The Morgan fingerprint density at radius 2 is 1.47 bits per heavy atom. The van der Waals surface area contributed by atoms with Crippen LogP contribution in [0.1, 0.15) is 18.4 Å². The molecule has 0 aliphatic rings. The summed E-state index contributed by atoms with van der Waals surface area (Å²) in [6.07, 6.45) is 1.17. The summed E-state index contributed by atoms with van der Waals surface area (Å²) in [5, 5.41) is 26.0. The van der Waals surface area contributed by atoms with E-state index in [1.807, 2.05) is 24.3 Å². The number of benzene rings is 1. The number of nitrogens with one attached hydrogen (secondary N) is 4. The van der Waals surface area contributed by atoms with E-state index in [-0.39, 0.29) is 24.3 Å². The second kappa shape index (κ2) is 13.8. The molecule has 0 radical (unpaired) electrons. The summed E-state index contributed by atoms with van der Waals surface area (Å²) >= 11 is 7.95. The molecule has 14 heteroatoms. The molecule has 196 valence electrons. The van der Waals surface area contributed by atoms with Gasteiger partial charge in [0, 0.05) is 35.0 Å². The number of aromatic nitrogens is 1. The Hall–Kier alpha value is -3.23. The normalized spacial score (nSPS) is 14.3. The van der Waals surface area contributed by atoms with Gasteiger partial charge in [0.25, 0.3) is 0 Å². The third-order valence-electron chi connectivity index (χ3n) is 5.34. The Bertz CT molecular complexity index is 1110. The van der Waals surface area contributed by atoms with E-state index in [4.69, 9.17) is 15.9 Å². The zero-order valence-corrected chi connectivity index (χ0v) is 20.9. The molecule has 1 heterocycles. The van der Waals surface area contributed by atoms with Crippen LogP contribution in [0, 0.1) is 0 Å². The van der Waals surface area contributed by atoms with Crippen LogP contribution in [0.15, 0.2) is 30.5 Å². The average Bonchev–Trinajstić information content (AvgIpc) is 3.25. The highest BCUT2D eigenvalue weighted by atomic mass is 32.1. The van der Waals surface area contributed by atoms with Gasteiger partial charge in [0.15, 0.2) is 0 Å². The lowest BCUT2D eigenvalue weighted by Gasteiger charge is -2.24. The zero-order valence-electron chi connectivity index (χ0n) is 19.1. The molecule has 0 aliphatic carbocycles. The Balaban J connectivity index is 2.04. The number of hydrogen-bond acceptors (Lipinski definition) is 8. The molecule has 0 bridgehead atoms. The maximum atomic E-state index is 12.8. The summed E-state index contributed by atoms with van der Waals surface area (Å²) in [7, 11) is 0. The van der Waals surface area contributed by atoms with Crippen molar-refractivity contribution in [3.8, 4) is 0 Å². The molecule has 0 saturated heterocycles. The van der Waals surface area contributed by atoms with Gasteiger partial charge >= 0.3 is 11.9 Å². The molecule has 0 spiro atoms. The van der Waals surface area contributed by atoms with Crippen molar-refractivity contribution in [1.82, 2.24) is 20.9 Å². The smallest absolute Gasteiger partial charge is 0.327 e. The van der Waals surface area contributed by atoms with Gasteiger partial charge in [0.2, 0.25) is 17.7 Å². The van der Waals surface area contributed by atoms with Crippen molar-refractivity contribution in [2.24, 2.45) is 5.73 Å². The first kappa shape index (κ1) is 29.0. The SMILES string of the molecule is NC(Cc1c[nH]c2ccccc12)C(=O)NC(CS)C(=O)NC(CCC(=O)O)C(=O)NC(CS)C(=O)O. The third-order valence-corrected chi connectivity index (χ3v) is 6.07. The van der Waals surface area contributed by atoms with Gasteiger partial charge in [0.1, 0.15) is 18.1 Å². The van der Waals surface area contributed by atoms with Crippen LogP contribution in [0.4, 0.5) is 0 Å². The van der Waals surface area contributed by atoms with Crippen molar-refractivity contribution in [2.45, 2.75) is 43.4 Å². The highest BCUT2D eigenvalue weighted by Crippen LogP contribution is 2.18. The molecule has 2 rings (SSSR count). The molecule has 0 aliphatic heterocycles. The van der Waals surface area contributed by atoms with Crippen LogP contribution in [0.5, 0.6) is 0 Å². The molecule has 3 amide bonds. The molecule has 36 heavy (non-hydrogen) atoms. The van der Waals surface area contributed by atoms with Gasteiger partial charge in [0.05, 0.1) is 6.04 Å². The van der Waals surface area contributed by atoms with E-state index in [0.717, 1.165) is 16.5 Å². The van der Waals surface area contributed by atoms with Crippen LogP contribution >= 0.6 is 25.3 Å². The molecule has 12 nitrogen and oxygen atoms in total. The van der Waals surface area contributed by atoms with Gasteiger partial charge in [-0.1, -0.05) is 18.2 Å². The van der Waals surface area contributed by atoms with Crippen molar-refractivity contribution < 1.29 is 34.2 Å². The summed E-state index contributed by atoms with van der Waals surface area (Å²) in [5.41, 5.74) is 7.77. The third kappa shape index (κ3) is 8.17. The predicted octanol–water partition coefficient (Wildman–Crippen LogP) is -0.699. The number of rotatable bonds is 14. The lowest BCUT2D eigenvalue weighted by atomic mass is 10.0. The number of carbonyl (C=O) groups is 5. The molecule has 0 fully saturated rings. The topological polar surface area (TPSA) is 204 Å². The first-order valence-corrected chi connectivity index (χ1v) is 12.2. The van der Waals surface area contributed by atoms with Gasteiger partial charge in [-0.05, 0) is 24.5 Å². The molecule has 0 saturated carbocycles. The van der Waals surface area contributed by atoms with Crippen LogP contribution in [0.25, 0.3) is 10.9 Å². The highest BCUT2D eigenvalue weighted by Gasteiger charge is 2.30. The minimum Gasteiger partial charge on any atom is -0.481 e. The summed E-state index contributed by atoms with van der Waals surface area (Å²) in [5.74, 6) is -5.24. The number of hydrogen-bond donors (Lipinski definition) is 9. The van der Waals surface area contributed by atoms with Crippen molar-refractivity contribution in [3.63, 3.8) is 0 Å². The van der Waals surface area contributed by atoms with Crippen molar-refractivity contribution in [2.75, 3.05) is 11.5 Å². The Labute approximate surface area is 217 Å². The number of H-pyrrole nitrogens is 1. The lowest BCUT2D eigenvalue weighted by Crippen LogP contribution is -2.58. The molecule has 2 aromatic rings. The molecule has 1 aromatic heterocycles. The maximum absolute atomic E-state index is 12.8. The van der Waals surface area contributed by atoms with Gasteiger partial charge in [-0.3, -0.25) is 19.2 Å². The molecular formula is C22H29N5O7S2. The molecular weight excluding hydrogens is 510 g/mol. The minimum absolute atomic E-state index is 0.140. The van der Waals surface area contributed by atoms with Crippen molar-refractivity contribution in [1.29, 1.82) is 0 Å². The lowest BCUT2D eigenvalue weighted by molar-refractivity contribution is -0.142. The van der Waals surface area contributed by atoms with Crippen LogP contribution < -0.4 is 21.7 Å². The number of fused-ring (bicyclic) bond motifs is 1. The number of carboxylic acid groups (broad SMARTS) is 2. The second-order valence-corrected chi connectivity index (χ2v) is 8.72. The van der Waals surface area contributed by atoms with Crippen LogP contribution in [0.3, 0.4) is 0 Å². The van der Waals surface area contributed by atoms with Crippen LogP contribution in [-0.2, 0) is 30.4 Å². The van der Waals surface area contributed by atoms with E-state index in [1.54, 1.807) is 6.20 Å². The molecule has 1 aromatic carbocycles. The Morgan fingerprint density at radius 3 is 2.08 bits per heavy atom. The average molecular weight is 540 g/mol. The van der Waals surface area contributed by atoms with Crippen LogP contribution in [-0.4, -0.2) is 80.5 Å². The fraction of sp³-hybridized carbons (Fsp3) is 0.409. The second-order valence-electron chi connectivity index (χ2n) is 7.99. The number of nitrogens with two attached hydrogens (primary N) is 1. The number of thiol groups is 2. The molecule has 4 unspecified atom stereocenters. The Kier molecular flexibility index (Phi) is 11.1. The van der Waals surface area contributed by atoms with E-state index in [0.29, 0.717) is 0 Å². The first-order chi connectivity index (χ1) is 17.1. The molecule has 4 atom stereocenters. The zero-order chi connectivity index (χ0) is 26.8. The van der Waals surface area contributed by atoms with E-state index >= 15 is 0 Å². The number of carbonyl (C=O) groups excluding carboxylic acids is 3. The van der Waals surface area contributed by atoms with Gasteiger partial charge in [-0.2, -0.15) is 25.3 Å². The predicted molar refractivity (Wildman–Crippen MR) is 138 cm³/mol. The van der Waals surface area contributed by atoms with Gasteiger partial charge < -0.3 is 36.9 Å². The summed E-state index contributed by atoms with van der Waals surface area (Å²) in [6.45, 7) is 0. The van der Waals surface area contributed by atoms with Gasteiger partial charge in [-0.15, -0.1) is 0 Å². The van der Waals surface area contributed by atoms with E-state index in [2.05, 4.69) is 46.2 Å². The number of amides is 3. The number of aliphatic carboxylic acids is 2. The standard InChI is InChI=1S/C22H29N5O7S2/c23-13(7-11-8-24-14-4-2-1-3-12(11)14)19(30)26-16(9-35)21(32)25-15(5-6-18(28)29)20(31)27-17(10-36)22(33)34/h1-4,8,13,15-17,24,35-36H,5-7,9-10,23H2,(H,25,32)(H,26,30)(H,27,31)(H,28,29)(H,33,34). The monoisotopic (exact) mass is 539 g/mol. The van der Waals surface area contributed by atoms with Crippen molar-refractivity contribution in [3.05, 3.63) is 36.0 Å². The van der Waals surface area contributed by atoms with E-state index in [1.165, 1.54) is 0 Å². The van der Waals surface area contributed by atoms with E-state index in [9.17, 15) is 24.0 Å². The Morgan fingerprint density at radius 1 is 0.889 bits per heavy atom. The summed E-state index contributed by atoms with van der Waals surface area (Å²) < 4.78 is 0. The minimum atomic E-state index is -1.37. The fourth-order valence-corrected chi connectivity index (χ4v) is 3.87. The highest BCUT2D eigenvalue weighted by molar-refractivity contribution is 7.80. The largest absolute Gasteiger partial charge is 0.481 e. The summed E-state index contributed by atoms with van der Waals surface area (Å²) in [6, 6.07) is 2.63. The summed E-state index contributed by atoms with van der Waals surface area (Å²) in [4.78, 5) is 63.3. The number of aromatic amines is 1. The number of para-hydroxylation sites is 1. The first-order valence-electron chi connectivity index (χ1n) is 10.9. The quantitative estimate of drug-likeness (QED) is 0.140. The van der Waals surface area contributed by atoms with Crippen LogP contribution in [0.2, 0.25) is 0 Å². The van der Waals surface area contributed by atoms with Crippen molar-refractivity contribution >= 4 is 65.8 Å². The fourth-order valence-electron chi connectivity index (χ4n) is 3.37. The van der Waals surface area contributed by atoms with Gasteiger partial charge in [-0.25, -0.2) is 4.79 Å². The number of carboxylic acids is 2. The van der Waals surface area contributed by atoms with E-state index < -0.39 is 60.2 Å².